The standard InChI is InChI=1S/C9H14N4/c1-7-11-4-2-9(12-7)13-5-3-8(10)6-13/h2,4,8H,3,5-6,10H2,1H3. The van der Waals surface area contributed by atoms with E-state index in [1.54, 1.807) is 6.20 Å². The number of nitrogens with two attached hydrogens (primary N) is 1. The van der Waals surface area contributed by atoms with Crippen LogP contribution in [0.2, 0.25) is 0 Å². The molecule has 1 aromatic rings. The normalized spacial score (nSPS) is 22.3. The van der Waals surface area contributed by atoms with Crippen molar-refractivity contribution in [2.75, 3.05) is 18.0 Å². The van der Waals surface area contributed by atoms with Crippen molar-refractivity contribution < 1.29 is 0 Å². The number of aryl methyl sites for hydroxylation is 1. The third-order valence-electron chi connectivity index (χ3n) is 2.31. The first kappa shape index (κ1) is 8.44. The van der Waals surface area contributed by atoms with Crippen molar-refractivity contribution in [3.8, 4) is 0 Å². The van der Waals surface area contributed by atoms with E-state index in [0.29, 0.717) is 6.04 Å². The highest BCUT2D eigenvalue weighted by Crippen LogP contribution is 2.16. The Labute approximate surface area is 77.8 Å². The van der Waals surface area contributed by atoms with Gasteiger partial charge in [-0.1, -0.05) is 0 Å². The van der Waals surface area contributed by atoms with Crippen LogP contribution < -0.4 is 10.6 Å². The van der Waals surface area contributed by atoms with Crippen molar-refractivity contribution in [3.63, 3.8) is 0 Å². The quantitative estimate of drug-likeness (QED) is 0.673. The molecular weight excluding hydrogens is 164 g/mol. The summed E-state index contributed by atoms with van der Waals surface area (Å²) in [7, 11) is 0. The maximum atomic E-state index is 5.82. The van der Waals surface area contributed by atoms with Crippen LogP contribution in [0, 0.1) is 6.92 Å². The molecule has 0 bridgehead atoms. The molecule has 4 nitrogen and oxygen atoms in total. The predicted octanol–water partition coefficient (Wildman–Crippen LogP) is 0.322. The van der Waals surface area contributed by atoms with E-state index in [9.17, 15) is 0 Å². The van der Waals surface area contributed by atoms with Gasteiger partial charge in [0.15, 0.2) is 0 Å². The Morgan fingerprint density at radius 1 is 1.62 bits per heavy atom. The van der Waals surface area contributed by atoms with E-state index in [4.69, 9.17) is 5.73 Å². The van der Waals surface area contributed by atoms with Crippen molar-refractivity contribution in [2.24, 2.45) is 5.73 Å². The maximum absolute atomic E-state index is 5.82. The minimum atomic E-state index is 0.301. The molecule has 1 aliphatic heterocycles. The van der Waals surface area contributed by atoms with Gasteiger partial charge in [0.2, 0.25) is 0 Å². The van der Waals surface area contributed by atoms with Crippen LogP contribution >= 0.6 is 0 Å². The summed E-state index contributed by atoms with van der Waals surface area (Å²) in [5.41, 5.74) is 5.82. The molecule has 2 rings (SSSR count). The first-order valence-electron chi connectivity index (χ1n) is 4.56. The Bertz CT molecular complexity index is 299. The van der Waals surface area contributed by atoms with Gasteiger partial charge in [-0.3, -0.25) is 0 Å². The second-order valence-electron chi connectivity index (χ2n) is 3.46. The zero-order chi connectivity index (χ0) is 9.26. The van der Waals surface area contributed by atoms with E-state index >= 15 is 0 Å². The lowest BCUT2D eigenvalue weighted by Crippen LogP contribution is -2.27. The summed E-state index contributed by atoms with van der Waals surface area (Å²) < 4.78 is 0. The van der Waals surface area contributed by atoms with E-state index in [-0.39, 0.29) is 0 Å². The van der Waals surface area contributed by atoms with Crippen LogP contribution in [0.5, 0.6) is 0 Å². The third kappa shape index (κ3) is 1.78. The number of nitrogens with zero attached hydrogens (tertiary/aromatic N) is 3. The Morgan fingerprint density at radius 3 is 3.08 bits per heavy atom. The Morgan fingerprint density at radius 2 is 2.46 bits per heavy atom. The number of aromatic nitrogens is 2. The molecule has 1 saturated heterocycles. The number of hydrogen-bond acceptors (Lipinski definition) is 4. The molecule has 1 aromatic heterocycles. The van der Waals surface area contributed by atoms with Crippen molar-refractivity contribution >= 4 is 5.82 Å². The highest BCUT2D eigenvalue weighted by atomic mass is 15.2. The zero-order valence-corrected chi connectivity index (χ0v) is 7.77. The van der Waals surface area contributed by atoms with Crippen molar-refractivity contribution in [3.05, 3.63) is 18.1 Å². The molecule has 1 aliphatic rings. The van der Waals surface area contributed by atoms with Crippen LogP contribution in [0.1, 0.15) is 12.2 Å². The van der Waals surface area contributed by atoms with E-state index < -0.39 is 0 Å². The SMILES string of the molecule is Cc1nccc(N2CCC(N)C2)n1. The molecule has 2 N–H and O–H groups in total. The molecule has 13 heavy (non-hydrogen) atoms. The molecule has 70 valence electrons. The molecule has 1 fully saturated rings. The van der Waals surface area contributed by atoms with Crippen LogP contribution in [0.15, 0.2) is 12.3 Å². The van der Waals surface area contributed by atoms with Gasteiger partial charge in [0.05, 0.1) is 0 Å². The number of hydrogen-bond donors (Lipinski definition) is 1. The highest BCUT2D eigenvalue weighted by Gasteiger charge is 2.19. The van der Waals surface area contributed by atoms with Crippen molar-refractivity contribution in [1.29, 1.82) is 0 Å². The second kappa shape index (κ2) is 3.30. The van der Waals surface area contributed by atoms with Gasteiger partial charge >= 0.3 is 0 Å². The van der Waals surface area contributed by atoms with Crippen LogP contribution in [-0.4, -0.2) is 29.1 Å². The van der Waals surface area contributed by atoms with Gasteiger partial charge in [-0.2, -0.15) is 0 Å². The van der Waals surface area contributed by atoms with Crippen LogP contribution in [-0.2, 0) is 0 Å². The van der Waals surface area contributed by atoms with Gasteiger partial charge in [-0.05, 0) is 19.4 Å². The van der Waals surface area contributed by atoms with Crippen molar-refractivity contribution in [2.45, 2.75) is 19.4 Å². The highest BCUT2D eigenvalue weighted by molar-refractivity contribution is 5.39. The monoisotopic (exact) mass is 178 g/mol. The van der Waals surface area contributed by atoms with Gasteiger partial charge in [0, 0.05) is 25.3 Å². The molecule has 0 radical (unpaired) electrons. The summed E-state index contributed by atoms with van der Waals surface area (Å²) in [5.74, 6) is 1.82. The lowest BCUT2D eigenvalue weighted by molar-refractivity contribution is 0.751. The van der Waals surface area contributed by atoms with E-state index in [2.05, 4.69) is 14.9 Å². The minimum absolute atomic E-state index is 0.301. The molecule has 4 heteroatoms. The average Bonchev–Trinajstić information content (AvgIpc) is 2.52. The van der Waals surface area contributed by atoms with Gasteiger partial charge in [-0.15, -0.1) is 0 Å². The minimum Gasteiger partial charge on any atom is -0.355 e. The first-order chi connectivity index (χ1) is 6.25. The molecule has 0 spiro atoms. The molecule has 0 saturated carbocycles. The summed E-state index contributed by atoms with van der Waals surface area (Å²) >= 11 is 0. The van der Waals surface area contributed by atoms with E-state index in [0.717, 1.165) is 31.2 Å². The molecule has 0 amide bonds. The lowest BCUT2D eigenvalue weighted by Gasteiger charge is -2.16. The van der Waals surface area contributed by atoms with Gasteiger partial charge in [0.25, 0.3) is 0 Å². The van der Waals surface area contributed by atoms with Crippen LogP contribution in [0.25, 0.3) is 0 Å². The largest absolute Gasteiger partial charge is 0.355 e. The zero-order valence-electron chi connectivity index (χ0n) is 7.77. The maximum Gasteiger partial charge on any atom is 0.132 e. The Hall–Kier alpha value is -1.16. The van der Waals surface area contributed by atoms with Gasteiger partial charge in [-0.25, -0.2) is 9.97 Å². The van der Waals surface area contributed by atoms with Crippen molar-refractivity contribution in [1.82, 2.24) is 9.97 Å². The topological polar surface area (TPSA) is 55.0 Å². The fourth-order valence-electron chi connectivity index (χ4n) is 1.62. The Kier molecular flexibility index (Phi) is 2.14. The smallest absolute Gasteiger partial charge is 0.132 e. The predicted molar refractivity (Wildman–Crippen MR) is 51.6 cm³/mol. The summed E-state index contributed by atoms with van der Waals surface area (Å²) in [6.07, 6.45) is 2.85. The summed E-state index contributed by atoms with van der Waals surface area (Å²) in [6.45, 7) is 3.83. The second-order valence-corrected chi connectivity index (χ2v) is 3.46. The molecule has 0 aromatic carbocycles. The van der Waals surface area contributed by atoms with E-state index in [1.807, 2.05) is 13.0 Å². The van der Waals surface area contributed by atoms with Crippen LogP contribution in [0.4, 0.5) is 5.82 Å². The number of anilines is 1. The van der Waals surface area contributed by atoms with Crippen LogP contribution in [0.3, 0.4) is 0 Å². The molecular formula is C9H14N4. The lowest BCUT2D eigenvalue weighted by atomic mass is 10.3. The summed E-state index contributed by atoms with van der Waals surface area (Å²) in [4.78, 5) is 10.6. The van der Waals surface area contributed by atoms with Gasteiger partial charge in [0.1, 0.15) is 11.6 Å². The Balaban J connectivity index is 2.16. The fraction of sp³-hybridized carbons (Fsp3) is 0.556. The number of rotatable bonds is 1. The molecule has 2 heterocycles. The first-order valence-corrected chi connectivity index (χ1v) is 4.56. The molecule has 1 unspecified atom stereocenters. The summed E-state index contributed by atoms with van der Waals surface area (Å²) in [5, 5.41) is 0. The van der Waals surface area contributed by atoms with E-state index in [1.165, 1.54) is 0 Å². The molecule has 0 aliphatic carbocycles. The van der Waals surface area contributed by atoms with Gasteiger partial charge < -0.3 is 10.6 Å². The average molecular weight is 178 g/mol. The molecule has 1 atom stereocenters. The summed E-state index contributed by atoms with van der Waals surface area (Å²) in [6, 6.07) is 2.24. The fourth-order valence-corrected chi connectivity index (χ4v) is 1.62. The third-order valence-corrected chi connectivity index (χ3v) is 2.31.